The van der Waals surface area contributed by atoms with Crippen LogP contribution < -0.4 is 10.6 Å². The van der Waals surface area contributed by atoms with Crippen molar-refractivity contribution in [1.29, 1.82) is 0 Å². The molecule has 0 saturated carbocycles. The normalized spacial score (nSPS) is 13.9. The van der Waals surface area contributed by atoms with Crippen LogP contribution in [0.1, 0.15) is 64.5 Å². The van der Waals surface area contributed by atoms with Crippen molar-refractivity contribution in [3.8, 4) is 0 Å². The molecule has 0 radical (unpaired) electrons. The van der Waals surface area contributed by atoms with Crippen molar-refractivity contribution in [1.82, 2.24) is 24.7 Å². The summed E-state index contributed by atoms with van der Waals surface area (Å²) < 4.78 is 34.3. The van der Waals surface area contributed by atoms with Crippen molar-refractivity contribution in [3.05, 3.63) is 63.6 Å². The minimum Gasteiger partial charge on any atom is -0.444 e. The zero-order valence-corrected chi connectivity index (χ0v) is 32.5. The van der Waals surface area contributed by atoms with Crippen LogP contribution in [-0.4, -0.2) is 104 Å². The number of amides is 4. The maximum absolute atomic E-state index is 13.9. The monoisotopic (exact) mass is 767 g/mol. The predicted molar refractivity (Wildman–Crippen MR) is 198 cm³/mol. The van der Waals surface area contributed by atoms with Crippen LogP contribution in [0.4, 0.5) is 4.79 Å². The quantitative estimate of drug-likeness (QED) is 0.228. The van der Waals surface area contributed by atoms with Gasteiger partial charge in [0.1, 0.15) is 10.5 Å². The summed E-state index contributed by atoms with van der Waals surface area (Å²) in [4.78, 5) is 53.9. The van der Waals surface area contributed by atoms with Gasteiger partial charge < -0.3 is 25.2 Å². The lowest BCUT2D eigenvalue weighted by Gasteiger charge is -2.35. The van der Waals surface area contributed by atoms with Crippen molar-refractivity contribution in [2.75, 3.05) is 52.4 Å². The van der Waals surface area contributed by atoms with E-state index in [0.717, 1.165) is 9.87 Å². The molecular weight excluding hydrogens is 717 g/mol. The summed E-state index contributed by atoms with van der Waals surface area (Å²) in [5.74, 6) is -0.953. The number of benzene rings is 2. The number of sulfonamides is 1. The van der Waals surface area contributed by atoms with Crippen LogP contribution in [0.5, 0.6) is 0 Å². The Morgan fingerprint density at radius 1 is 0.961 bits per heavy atom. The molecule has 2 aromatic carbocycles. The van der Waals surface area contributed by atoms with E-state index in [9.17, 15) is 27.6 Å². The van der Waals surface area contributed by atoms with E-state index in [0.29, 0.717) is 75.4 Å². The first kappa shape index (κ1) is 42.0. The highest BCUT2D eigenvalue weighted by Crippen LogP contribution is 2.32. The third-order valence-corrected chi connectivity index (χ3v) is 11.4. The molecule has 3 rings (SSSR count). The van der Waals surface area contributed by atoms with Crippen LogP contribution in [0.25, 0.3) is 0 Å². The summed E-state index contributed by atoms with van der Waals surface area (Å²) in [6.45, 7) is 10.0. The first-order valence-electron chi connectivity index (χ1n) is 17.2. The Kier molecular flexibility index (Phi) is 16.0. The van der Waals surface area contributed by atoms with E-state index in [1.54, 1.807) is 16.7 Å². The van der Waals surface area contributed by atoms with E-state index in [1.807, 2.05) is 51.1 Å². The molecule has 0 aliphatic carbocycles. The predicted octanol–water partition coefficient (Wildman–Crippen LogP) is 5.04. The van der Waals surface area contributed by atoms with E-state index in [1.165, 1.54) is 19.1 Å². The second-order valence-corrected chi connectivity index (χ2v) is 16.5. The topological polar surface area (TPSA) is 145 Å². The molecule has 4 amide bonds. The summed E-state index contributed by atoms with van der Waals surface area (Å²) >= 11 is 12.6. The largest absolute Gasteiger partial charge is 0.444 e. The molecule has 12 nitrogen and oxygen atoms in total. The Morgan fingerprint density at radius 3 is 2.25 bits per heavy atom. The number of piperidine rings is 1. The Labute approximate surface area is 312 Å². The molecule has 2 aromatic rings. The molecule has 0 bridgehead atoms. The van der Waals surface area contributed by atoms with Gasteiger partial charge in [0.15, 0.2) is 0 Å². The summed E-state index contributed by atoms with van der Waals surface area (Å²) in [6.07, 6.45) is 2.64. The van der Waals surface area contributed by atoms with Crippen molar-refractivity contribution >= 4 is 57.0 Å². The van der Waals surface area contributed by atoms with Crippen LogP contribution in [0.15, 0.2) is 47.4 Å². The van der Waals surface area contributed by atoms with Gasteiger partial charge >= 0.3 is 6.09 Å². The Bertz CT molecular complexity index is 1610. The standard InChI is InChI=1S/C36H51Cl2N5O7S/c1-26-30(37)13-14-31(34(26)38)51(48,49)43(22-17-28-11-7-6-8-12-28)25-32(45)40-23-33(46)42(19-10-9-18-39-27(2)44)24-29-15-20-41(21-16-29)35(47)50-36(3,4)5/h6-8,11-14,29H,9-10,15-25H2,1-5H3,(H,39,44)(H,40,45). The van der Waals surface area contributed by atoms with Gasteiger partial charge in [0.25, 0.3) is 0 Å². The number of carbonyl (C=O) groups is 4. The third kappa shape index (κ3) is 13.6. The number of rotatable bonds is 16. The first-order chi connectivity index (χ1) is 24.0. The summed E-state index contributed by atoms with van der Waals surface area (Å²) in [5, 5.41) is 5.69. The molecule has 1 aliphatic rings. The number of likely N-dealkylation sites (tertiary alicyclic amines) is 1. The second kappa shape index (κ2) is 19.4. The van der Waals surface area contributed by atoms with E-state index < -0.39 is 28.1 Å². The van der Waals surface area contributed by atoms with Gasteiger partial charge in [-0.25, -0.2) is 13.2 Å². The van der Waals surface area contributed by atoms with Gasteiger partial charge in [-0.15, -0.1) is 0 Å². The van der Waals surface area contributed by atoms with E-state index in [2.05, 4.69) is 10.6 Å². The zero-order valence-electron chi connectivity index (χ0n) is 30.2. The van der Waals surface area contributed by atoms with E-state index in [4.69, 9.17) is 27.9 Å². The van der Waals surface area contributed by atoms with E-state index in [-0.39, 0.29) is 46.8 Å². The van der Waals surface area contributed by atoms with Gasteiger partial charge in [0, 0.05) is 51.2 Å². The summed E-state index contributed by atoms with van der Waals surface area (Å²) in [5.41, 5.74) is 0.701. The molecule has 0 aromatic heterocycles. The van der Waals surface area contributed by atoms with Gasteiger partial charge in [-0.05, 0) is 89.0 Å². The highest BCUT2D eigenvalue weighted by atomic mass is 35.5. The average Bonchev–Trinajstić information content (AvgIpc) is 3.07. The molecule has 0 unspecified atom stereocenters. The van der Waals surface area contributed by atoms with Crippen molar-refractivity contribution in [3.63, 3.8) is 0 Å². The third-order valence-electron chi connectivity index (χ3n) is 8.48. The number of hydrogen-bond acceptors (Lipinski definition) is 7. The fraction of sp³-hybridized carbons (Fsp3) is 0.556. The maximum Gasteiger partial charge on any atom is 0.410 e. The first-order valence-corrected chi connectivity index (χ1v) is 19.4. The molecule has 15 heteroatoms. The number of ether oxygens (including phenoxy) is 1. The lowest BCUT2D eigenvalue weighted by Crippen LogP contribution is -2.48. The van der Waals surface area contributed by atoms with Crippen LogP contribution in [0.3, 0.4) is 0 Å². The highest BCUT2D eigenvalue weighted by molar-refractivity contribution is 7.89. The Morgan fingerprint density at radius 2 is 1.63 bits per heavy atom. The Balaban J connectivity index is 1.68. The molecule has 1 saturated heterocycles. The van der Waals surface area contributed by atoms with Crippen molar-refractivity contribution in [2.24, 2.45) is 5.92 Å². The fourth-order valence-electron chi connectivity index (χ4n) is 5.61. The molecular formula is C36H51Cl2N5O7S. The summed E-state index contributed by atoms with van der Waals surface area (Å²) in [7, 11) is -4.24. The maximum atomic E-state index is 13.9. The van der Waals surface area contributed by atoms with Crippen LogP contribution in [0, 0.1) is 12.8 Å². The SMILES string of the molecule is CC(=O)NCCCCN(CC1CCN(C(=O)OC(C)(C)C)CC1)C(=O)CNC(=O)CN(CCc1ccccc1)S(=O)(=O)c1ccc(Cl)c(C)c1Cl. The molecule has 2 N–H and O–H groups in total. The molecule has 1 aliphatic heterocycles. The molecule has 51 heavy (non-hydrogen) atoms. The van der Waals surface area contributed by atoms with Gasteiger partial charge in [0.05, 0.1) is 18.1 Å². The smallest absolute Gasteiger partial charge is 0.410 e. The average molecular weight is 769 g/mol. The number of nitrogens with one attached hydrogen (secondary N) is 2. The molecule has 1 heterocycles. The van der Waals surface area contributed by atoms with Gasteiger partial charge in [0.2, 0.25) is 27.7 Å². The second-order valence-electron chi connectivity index (χ2n) is 13.8. The number of hydrogen-bond donors (Lipinski definition) is 2. The highest BCUT2D eigenvalue weighted by Gasteiger charge is 2.31. The number of halogens is 2. The molecule has 0 atom stereocenters. The molecule has 1 fully saturated rings. The lowest BCUT2D eigenvalue weighted by molar-refractivity contribution is -0.133. The van der Waals surface area contributed by atoms with Crippen LogP contribution in [0.2, 0.25) is 10.0 Å². The molecule has 0 spiro atoms. The number of carbonyl (C=O) groups excluding carboxylic acids is 4. The number of nitrogens with zero attached hydrogens (tertiary/aromatic N) is 3. The molecule has 282 valence electrons. The summed E-state index contributed by atoms with van der Waals surface area (Å²) in [6, 6.07) is 12.1. The van der Waals surface area contributed by atoms with Gasteiger partial charge in [-0.2, -0.15) is 4.31 Å². The minimum absolute atomic E-state index is 0.00582. The van der Waals surface area contributed by atoms with Crippen molar-refractivity contribution in [2.45, 2.75) is 77.2 Å². The van der Waals surface area contributed by atoms with Gasteiger partial charge in [-0.3, -0.25) is 14.4 Å². The zero-order chi connectivity index (χ0) is 37.8. The van der Waals surface area contributed by atoms with Crippen LogP contribution in [-0.2, 0) is 35.6 Å². The number of unbranched alkanes of at least 4 members (excludes halogenated alkanes) is 1. The lowest BCUT2D eigenvalue weighted by atomic mass is 9.96. The Hall–Kier alpha value is -3.39. The minimum atomic E-state index is -4.24. The fourth-order valence-corrected chi connectivity index (χ4v) is 7.79. The van der Waals surface area contributed by atoms with Crippen molar-refractivity contribution < 1.29 is 32.3 Å². The van der Waals surface area contributed by atoms with E-state index >= 15 is 0 Å². The van der Waals surface area contributed by atoms with Gasteiger partial charge in [-0.1, -0.05) is 53.5 Å². The van der Waals surface area contributed by atoms with Crippen LogP contribution >= 0.6 is 23.2 Å².